The second-order valence-corrected chi connectivity index (χ2v) is 11.3. The Morgan fingerprint density at radius 2 is 1.68 bits per heavy atom. The summed E-state index contributed by atoms with van der Waals surface area (Å²) in [6.07, 6.45) is 1.06. The monoisotopic (exact) mass is 552 g/mol. The van der Waals surface area contributed by atoms with Gasteiger partial charge in [-0.25, -0.2) is 4.79 Å². The second kappa shape index (κ2) is 12.8. The van der Waals surface area contributed by atoms with Crippen LogP contribution in [0.2, 0.25) is 0 Å². The van der Waals surface area contributed by atoms with Gasteiger partial charge in [-0.1, -0.05) is 36.4 Å². The second-order valence-electron chi connectivity index (χ2n) is 11.3. The summed E-state index contributed by atoms with van der Waals surface area (Å²) in [5.41, 5.74) is 7.11. The summed E-state index contributed by atoms with van der Waals surface area (Å²) in [6, 6.07) is 9.28. The van der Waals surface area contributed by atoms with Gasteiger partial charge in [-0.15, -0.1) is 0 Å². The van der Waals surface area contributed by atoms with Gasteiger partial charge < -0.3 is 31.1 Å². The first-order valence-corrected chi connectivity index (χ1v) is 13.5. The molecule has 0 spiro atoms. The summed E-state index contributed by atoms with van der Waals surface area (Å²) >= 11 is 0. The van der Waals surface area contributed by atoms with Crippen LogP contribution in [0.15, 0.2) is 42.5 Å². The number of ether oxygens (including phenoxy) is 1. The summed E-state index contributed by atoms with van der Waals surface area (Å²) in [5, 5.41) is 16.4. The molecular weight excluding hydrogens is 512 g/mol. The highest BCUT2D eigenvalue weighted by molar-refractivity contribution is 6.00. The lowest BCUT2D eigenvalue weighted by atomic mass is 9.87. The van der Waals surface area contributed by atoms with Gasteiger partial charge in [0.25, 0.3) is 5.91 Å². The highest BCUT2D eigenvalue weighted by Gasteiger charge is 2.43. The number of nitrogens with two attached hydrogens (primary N) is 1. The molecule has 0 radical (unpaired) electrons. The first-order chi connectivity index (χ1) is 18.8. The highest BCUT2D eigenvalue weighted by Crippen LogP contribution is 2.37. The number of rotatable bonds is 10. The molecule has 0 saturated heterocycles. The Bertz CT molecular complexity index is 1230. The zero-order valence-corrected chi connectivity index (χ0v) is 23.8. The fourth-order valence-corrected chi connectivity index (χ4v) is 4.70. The van der Waals surface area contributed by atoms with Crippen LogP contribution in [0.5, 0.6) is 5.75 Å². The molecule has 3 rings (SSSR count). The molecule has 1 aliphatic carbocycles. The number of anilines is 1. The van der Waals surface area contributed by atoms with Crippen molar-refractivity contribution >= 4 is 29.5 Å². The predicted octanol–water partition coefficient (Wildman–Crippen LogP) is 4.23. The van der Waals surface area contributed by atoms with Crippen molar-refractivity contribution in [2.45, 2.75) is 90.4 Å². The third kappa shape index (κ3) is 7.74. The number of hydrogen-bond acceptors (Lipinski definition) is 6. The van der Waals surface area contributed by atoms with E-state index in [9.17, 15) is 24.3 Å². The molecule has 0 heterocycles. The van der Waals surface area contributed by atoms with Gasteiger partial charge in [0.1, 0.15) is 23.4 Å². The fraction of sp³-hybridized carbons (Fsp3) is 0.467. The molecule has 0 aromatic heterocycles. The van der Waals surface area contributed by atoms with Crippen molar-refractivity contribution < 1.29 is 29.0 Å². The first kappa shape index (κ1) is 30.5. The maximum atomic E-state index is 14.3. The number of carbonyl (C=O) groups is 4. The van der Waals surface area contributed by atoms with E-state index < -0.39 is 41.5 Å². The van der Waals surface area contributed by atoms with Crippen molar-refractivity contribution in [3.05, 3.63) is 59.2 Å². The maximum Gasteiger partial charge on any atom is 0.408 e. The van der Waals surface area contributed by atoms with Gasteiger partial charge in [0, 0.05) is 23.7 Å². The minimum atomic E-state index is -1.21. The van der Waals surface area contributed by atoms with Crippen LogP contribution < -0.4 is 16.4 Å². The molecule has 1 aliphatic rings. The Balaban J connectivity index is 2.06. The van der Waals surface area contributed by atoms with E-state index in [4.69, 9.17) is 10.5 Å². The van der Waals surface area contributed by atoms with Crippen molar-refractivity contribution in [1.82, 2.24) is 10.2 Å². The van der Waals surface area contributed by atoms with Gasteiger partial charge in [-0.05, 0) is 77.5 Å². The number of carbonyl (C=O) groups excluding carboxylic acids is 4. The number of nitrogens with zero attached hydrogens (tertiary/aromatic N) is 1. The Morgan fingerprint density at radius 1 is 1.05 bits per heavy atom. The van der Waals surface area contributed by atoms with Crippen molar-refractivity contribution in [1.29, 1.82) is 0 Å². The number of phenols is 1. The summed E-state index contributed by atoms with van der Waals surface area (Å²) in [4.78, 5) is 54.1. The van der Waals surface area contributed by atoms with Crippen LogP contribution in [0.1, 0.15) is 75.6 Å². The molecule has 0 bridgehead atoms. The number of alkyl carbamates (subject to hydrolysis) is 1. The Labute approximate surface area is 235 Å². The summed E-state index contributed by atoms with van der Waals surface area (Å²) in [7, 11) is 0. The third-order valence-corrected chi connectivity index (χ3v) is 6.88. The first-order valence-electron chi connectivity index (χ1n) is 13.5. The smallest absolute Gasteiger partial charge is 0.408 e. The van der Waals surface area contributed by atoms with Crippen molar-refractivity contribution in [3.63, 3.8) is 0 Å². The van der Waals surface area contributed by atoms with Crippen LogP contribution in [0.4, 0.5) is 10.5 Å². The number of benzene rings is 2. The molecular formula is C30H40N4O6. The molecule has 2 aromatic rings. The molecule has 40 heavy (non-hydrogen) atoms. The number of aromatic hydroxyl groups is 1. The van der Waals surface area contributed by atoms with Crippen LogP contribution in [0.3, 0.4) is 0 Å². The third-order valence-electron chi connectivity index (χ3n) is 6.88. The molecule has 10 heteroatoms. The van der Waals surface area contributed by atoms with Crippen LogP contribution in [0.25, 0.3) is 0 Å². The highest BCUT2D eigenvalue weighted by atomic mass is 16.6. The van der Waals surface area contributed by atoms with Crippen LogP contribution in [-0.4, -0.2) is 51.5 Å². The molecule has 10 nitrogen and oxygen atoms in total. The Hall–Kier alpha value is -4.08. The van der Waals surface area contributed by atoms with Gasteiger partial charge >= 0.3 is 6.09 Å². The number of aryl methyl sites for hydroxylation is 2. The number of para-hydroxylation sites is 2. The quantitative estimate of drug-likeness (QED) is 0.346. The van der Waals surface area contributed by atoms with Gasteiger partial charge in [0.05, 0.1) is 0 Å². The predicted molar refractivity (Wildman–Crippen MR) is 151 cm³/mol. The van der Waals surface area contributed by atoms with E-state index in [-0.39, 0.29) is 30.2 Å². The van der Waals surface area contributed by atoms with E-state index in [0.29, 0.717) is 18.5 Å². The minimum absolute atomic E-state index is 0.0807. The average molecular weight is 553 g/mol. The van der Waals surface area contributed by atoms with Crippen LogP contribution in [0, 0.1) is 13.8 Å². The molecule has 1 saturated carbocycles. The van der Waals surface area contributed by atoms with E-state index in [0.717, 1.165) is 17.5 Å². The number of phenolic OH excluding ortho intramolecular Hbond substituents is 1. The Morgan fingerprint density at radius 3 is 2.20 bits per heavy atom. The molecule has 0 aliphatic heterocycles. The van der Waals surface area contributed by atoms with Crippen molar-refractivity contribution in [2.24, 2.45) is 5.73 Å². The van der Waals surface area contributed by atoms with Gasteiger partial charge in [0.2, 0.25) is 11.8 Å². The molecule has 1 fully saturated rings. The maximum absolute atomic E-state index is 14.3. The zero-order valence-electron chi connectivity index (χ0n) is 23.8. The fourth-order valence-electron chi connectivity index (χ4n) is 4.70. The van der Waals surface area contributed by atoms with Crippen LogP contribution in [-0.2, 0) is 19.1 Å². The summed E-state index contributed by atoms with van der Waals surface area (Å²) in [5.74, 6) is -1.86. The Kier molecular flexibility index (Phi) is 9.78. The lowest BCUT2D eigenvalue weighted by Gasteiger charge is -2.43. The number of hydrogen-bond donors (Lipinski definition) is 4. The zero-order chi connectivity index (χ0) is 29.6. The lowest BCUT2D eigenvalue weighted by Crippen LogP contribution is -2.57. The number of primary amides is 1. The minimum Gasteiger partial charge on any atom is -0.508 e. The normalized spacial score (nSPS) is 14.8. The standard InChI is InChI=1S/C30H40N4O6/c1-18-10-8-11-19(2)25(18)33-27(37)26(21-14-6-7-15-23(21)35)34(20-12-9-13-20)28(38)22(16-17-24(31)36)32-29(39)40-30(3,4)5/h6-8,10-11,14-15,20,22,26,35H,9,12-13,16-17H2,1-5H3,(H2,31,36)(H,32,39)(H,33,37). The lowest BCUT2D eigenvalue weighted by molar-refractivity contribution is -0.146. The van der Waals surface area contributed by atoms with Crippen LogP contribution >= 0.6 is 0 Å². The average Bonchev–Trinajstić information content (AvgIpc) is 2.82. The number of amides is 4. The van der Waals surface area contributed by atoms with Gasteiger partial charge in [0.15, 0.2) is 0 Å². The molecule has 216 valence electrons. The molecule has 2 aromatic carbocycles. The van der Waals surface area contributed by atoms with Gasteiger partial charge in [-0.2, -0.15) is 0 Å². The van der Waals surface area contributed by atoms with E-state index >= 15 is 0 Å². The molecule has 2 unspecified atom stereocenters. The summed E-state index contributed by atoms with van der Waals surface area (Å²) < 4.78 is 5.37. The topological polar surface area (TPSA) is 151 Å². The number of nitrogens with one attached hydrogen (secondary N) is 2. The summed E-state index contributed by atoms with van der Waals surface area (Å²) in [6.45, 7) is 8.83. The molecule has 5 N–H and O–H groups in total. The van der Waals surface area contributed by atoms with E-state index in [1.165, 1.54) is 11.0 Å². The largest absolute Gasteiger partial charge is 0.508 e. The molecule has 2 atom stereocenters. The van der Waals surface area contributed by atoms with Crippen molar-refractivity contribution in [3.8, 4) is 5.75 Å². The van der Waals surface area contributed by atoms with E-state index in [1.807, 2.05) is 32.0 Å². The van der Waals surface area contributed by atoms with Crippen molar-refractivity contribution in [2.75, 3.05) is 5.32 Å². The van der Waals surface area contributed by atoms with Gasteiger partial charge in [-0.3, -0.25) is 14.4 Å². The van der Waals surface area contributed by atoms with E-state index in [2.05, 4.69) is 10.6 Å². The molecule has 4 amide bonds. The van der Waals surface area contributed by atoms with E-state index in [1.54, 1.807) is 39.0 Å². The SMILES string of the molecule is Cc1cccc(C)c1NC(=O)C(c1ccccc1O)N(C(=O)C(CCC(N)=O)NC(=O)OC(C)(C)C)C1CCC1.